The van der Waals surface area contributed by atoms with E-state index in [4.69, 9.17) is 0 Å². The Bertz CT molecular complexity index is 657. The van der Waals surface area contributed by atoms with E-state index in [0.717, 1.165) is 16.8 Å². The van der Waals surface area contributed by atoms with Crippen LogP contribution in [0.3, 0.4) is 0 Å². The molecule has 0 bridgehead atoms. The van der Waals surface area contributed by atoms with Crippen molar-refractivity contribution in [3.8, 4) is 5.75 Å². The highest BCUT2D eigenvalue weighted by Crippen LogP contribution is 2.26. The molecular weight excluding hydrogens is 318 g/mol. The summed E-state index contributed by atoms with van der Waals surface area (Å²) in [7, 11) is 0. The number of phenolic OH excluding ortho intramolecular Hbond substituents is 1. The van der Waals surface area contributed by atoms with E-state index in [1.807, 2.05) is 32.9 Å². The molecule has 0 aromatic heterocycles. The van der Waals surface area contributed by atoms with Crippen molar-refractivity contribution in [2.24, 2.45) is 0 Å². The van der Waals surface area contributed by atoms with Gasteiger partial charge >= 0.3 is 0 Å². The predicted molar refractivity (Wildman–Crippen MR) is 84.4 cm³/mol. The maximum atomic E-state index is 12.2. The molecule has 0 atom stereocenters. The lowest BCUT2D eigenvalue weighted by Crippen LogP contribution is -2.13. The van der Waals surface area contributed by atoms with Gasteiger partial charge in [0.15, 0.2) is 0 Å². The maximum Gasteiger partial charge on any atom is 0.255 e. The molecule has 2 rings (SSSR count). The van der Waals surface area contributed by atoms with Crippen molar-refractivity contribution in [1.82, 2.24) is 0 Å². The van der Waals surface area contributed by atoms with Crippen LogP contribution in [0, 0.1) is 20.8 Å². The normalized spacial score (nSPS) is 10.4. The third-order valence-electron chi connectivity index (χ3n) is 3.12. The largest absolute Gasteiger partial charge is 0.507 e. The molecule has 0 spiro atoms. The summed E-state index contributed by atoms with van der Waals surface area (Å²) in [4.78, 5) is 12.2. The van der Waals surface area contributed by atoms with Crippen LogP contribution in [0.1, 0.15) is 27.0 Å². The second-order valence-electron chi connectivity index (χ2n) is 4.89. The summed E-state index contributed by atoms with van der Waals surface area (Å²) in [6.45, 7) is 5.96. The number of hydrogen-bond donors (Lipinski definition) is 2. The van der Waals surface area contributed by atoms with Crippen molar-refractivity contribution in [2.75, 3.05) is 5.32 Å². The van der Waals surface area contributed by atoms with Crippen LogP contribution in [-0.4, -0.2) is 11.0 Å². The Morgan fingerprint density at radius 3 is 2.25 bits per heavy atom. The topological polar surface area (TPSA) is 49.3 Å². The average Bonchev–Trinajstić information content (AvgIpc) is 2.36. The van der Waals surface area contributed by atoms with Crippen molar-refractivity contribution in [2.45, 2.75) is 20.8 Å². The summed E-state index contributed by atoms with van der Waals surface area (Å²) in [6.07, 6.45) is 0. The molecule has 0 unspecified atom stereocenters. The van der Waals surface area contributed by atoms with E-state index in [1.54, 1.807) is 12.1 Å². The number of amides is 1. The first kappa shape index (κ1) is 14.6. The van der Waals surface area contributed by atoms with Crippen molar-refractivity contribution in [3.05, 3.63) is 57.1 Å². The predicted octanol–water partition coefficient (Wildman–Crippen LogP) is 4.33. The number of nitrogens with one attached hydrogen (secondary N) is 1. The molecular formula is C16H16BrNO2. The molecule has 0 aliphatic carbocycles. The fourth-order valence-corrected chi connectivity index (χ4v) is 2.46. The van der Waals surface area contributed by atoms with Crippen LogP contribution in [0.25, 0.3) is 0 Å². The van der Waals surface area contributed by atoms with Gasteiger partial charge in [0.05, 0.1) is 4.47 Å². The Morgan fingerprint density at radius 2 is 1.70 bits per heavy atom. The van der Waals surface area contributed by atoms with Gasteiger partial charge < -0.3 is 10.4 Å². The molecule has 2 aromatic carbocycles. The fourth-order valence-electron chi connectivity index (χ4n) is 2.22. The van der Waals surface area contributed by atoms with Crippen LogP contribution < -0.4 is 5.32 Å². The molecule has 104 valence electrons. The number of benzene rings is 2. The van der Waals surface area contributed by atoms with Crippen LogP contribution in [0.2, 0.25) is 0 Å². The van der Waals surface area contributed by atoms with Crippen molar-refractivity contribution >= 4 is 27.5 Å². The molecule has 0 fully saturated rings. The van der Waals surface area contributed by atoms with E-state index in [-0.39, 0.29) is 11.7 Å². The minimum atomic E-state index is -0.233. The minimum absolute atomic E-state index is 0.0509. The molecule has 4 heteroatoms. The maximum absolute atomic E-state index is 12.2. The zero-order valence-electron chi connectivity index (χ0n) is 11.6. The van der Waals surface area contributed by atoms with E-state index in [1.165, 1.54) is 11.6 Å². The highest BCUT2D eigenvalue weighted by Gasteiger charge is 2.11. The molecule has 3 nitrogen and oxygen atoms in total. The lowest BCUT2D eigenvalue weighted by molar-refractivity contribution is 0.102. The molecule has 0 heterocycles. The molecule has 0 saturated heterocycles. The zero-order chi connectivity index (χ0) is 14.9. The lowest BCUT2D eigenvalue weighted by atomic mass is 10.0. The molecule has 0 aliphatic rings. The third kappa shape index (κ3) is 3.02. The number of rotatable bonds is 2. The van der Waals surface area contributed by atoms with E-state index in [9.17, 15) is 9.90 Å². The first-order chi connectivity index (χ1) is 9.38. The standard InChI is InChI=1S/C16H16BrNO2/c1-9-6-10(2)15(11(3)7-9)18-16(20)12-4-5-13(17)14(19)8-12/h4-8,19H,1-3H3,(H,18,20). The fraction of sp³-hybridized carbons (Fsp3) is 0.188. The molecule has 2 aromatic rings. The van der Waals surface area contributed by atoms with Crippen LogP contribution in [0.15, 0.2) is 34.8 Å². The first-order valence-electron chi connectivity index (χ1n) is 6.26. The summed E-state index contributed by atoms with van der Waals surface area (Å²) >= 11 is 3.19. The Morgan fingerprint density at radius 1 is 1.10 bits per heavy atom. The van der Waals surface area contributed by atoms with Gasteiger partial charge in [-0.05, 0) is 66.0 Å². The molecule has 0 aliphatic heterocycles. The van der Waals surface area contributed by atoms with Gasteiger partial charge in [-0.1, -0.05) is 17.7 Å². The highest BCUT2D eigenvalue weighted by molar-refractivity contribution is 9.10. The van der Waals surface area contributed by atoms with Crippen LogP contribution in [-0.2, 0) is 0 Å². The minimum Gasteiger partial charge on any atom is -0.507 e. The number of halogens is 1. The number of hydrogen-bond acceptors (Lipinski definition) is 2. The molecule has 1 amide bonds. The van der Waals surface area contributed by atoms with Crippen LogP contribution in [0.4, 0.5) is 5.69 Å². The quantitative estimate of drug-likeness (QED) is 0.859. The Hall–Kier alpha value is -1.81. The first-order valence-corrected chi connectivity index (χ1v) is 7.05. The van der Waals surface area contributed by atoms with Crippen molar-refractivity contribution < 1.29 is 9.90 Å². The van der Waals surface area contributed by atoms with Crippen LogP contribution >= 0.6 is 15.9 Å². The van der Waals surface area contributed by atoms with Gasteiger partial charge in [-0.3, -0.25) is 4.79 Å². The van der Waals surface area contributed by atoms with E-state index < -0.39 is 0 Å². The second-order valence-corrected chi connectivity index (χ2v) is 5.75. The van der Waals surface area contributed by atoms with Gasteiger partial charge in [0.1, 0.15) is 5.75 Å². The van der Waals surface area contributed by atoms with Gasteiger partial charge in [0.25, 0.3) is 5.91 Å². The second kappa shape index (κ2) is 5.67. The molecule has 0 radical (unpaired) electrons. The van der Waals surface area contributed by atoms with Gasteiger partial charge in [0.2, 0.25) is 0 Å². The van der Waals surface area contributed by atoms with Gasteiger partial charge in [-0.2, -0.15) is 0 Å². The third-order valence-corrected chi connectivity index (χ3v) is 3.79. The van der Waals surface area contributed by atoms with Gasteiger partial charge in [-0.15, -0.1) is 0 Å². The zero-order valence-corrected chi connectivity index (χ0v) is 13.2. The SMILES string of the molecule is Cc1cc(C)c(NC(=O)c2ccc(Br)c(O)c2)c(C)c1. The smallest absolute Gasteiger partial charge is 0.255 e. The Kier molecular flexibility index (Phi) is 4.14. The van der Waals surface area contributed by atoms with Gasteiger partial charge in [-0.25, -0.2) is 0 Å². The summed E-state index contributed by atoms with van der Waals surface area (Å²) < 4.78 is 0.566. The number of carbonyl (C=O) groups excluding carboxylic acids is 1. The molecule has 0 saturated carbocycles. The summed E-state index contributed by atoms with van der Waals surface area (Å²) in [5.41, 5.74) is 4.46. The summed E-state index contributed by atoms with van der Waals surface area (Å²) in [5, 5.41) is 12.5. The Labute approximate surface area is 126 Å². The lowest BCUT2D eigenvalue weighted by Gasteiger charge is -2.13. The molecule has 2 N–H and O–H groups in total. The van der Waals surface area contributed by atoms with Crippen molar-refractivity contribution in [1.29, 1.82) is 0 Å². The monoisotopic (exact) mass is 333 g/mol. The number of carbonyl (C=O) groups is 1. The van der Waals surface area contributed by atoms with E-state index in [2.05, 4.69) is 21.2 Å². The highest BCUT2D eigenvalue weighted by atomic mass is 79.9. The van der Waals surface area contributed by atoms with E-state index >= 15 is 0 Å². The average molecular weight is 334 g/mol. The Balaban J connectivity index is 2.30. The van der Waals surface area contributed by atoms with Crippen molar-refractivity contribution in [3.63, 3.8) is 0 Å². The van der Waals surface area contributed by atoms with E-state index in [0.29, 0.717) is 10.0 Å². The number of aromatic hydroxyl groups is 1. The molecule has 20 heavy (non-hydrogen) atoms. The number of anilines is 1. The van der Waals surface area contributed by atoms with Gasteiger partial charge in [0, 0.05) is 11.3 Å². The van der Waals surface area contributed by atoms with Crippen LogP contribution in [0.5, 0.6) is 5.75 Å². The number of aryl methyl sites for hydroxylation is 3. The number of phenols is 1. The summed E-state index contributed by atoms with van der Waals surface area (Å²) in [5.74, 6) is -0.183. The summed E-state index contributed by atoms with van der Waals surface area (Å²) in [6, 6.07) is 8.82.